The third kappa shape index (κ3) is 3.92. The number of carbonyl (C=O) groups excluding carboxylic acids is 2. The van der Waals surface area contributed by atoms with Crippen molar-refractivity contribution in [3.05, 3.63) is 41.7 Å². The number of nitrogens with zero attached hydrogens (tertiary/aromatic N) is 1. The second-order valence-electron chi connectivity index (χ2n) is 4.82. The average molecular weight is 287 g/mol. The zero-order valence-electron chi connectivity index (χ0n) is 12.1. The van der Waals surface area contributed by atoms with E-state index in [0.29, 0.717) is 22.8 Å². The summed E-state index contributed by atoms with van der Waals surface area (Å²) in [7, 11) is 0. The standard InChI is InChI=1S/C15H17N3O3/c1-9-7-14(18-21-9)17-15(20)10(2)16-13-6-4-5-12(8-13)11(3)19/h4-8,10,16H,1-3H3,(H,17,18,20)/t10-/m0/s1. The Kier molecular flexibility index (Phi) is 4.37. The minimum absolute atomic E-state index is 0.0196. The van der Waals surface area contributed by atoms with E-state index in [4.69, 9.17) is 4.52 Å². The summed E-state index contributed by atoms with van der Waals surface area (Å²) < 4.78 is 4.88. The number of anilines is 2. The molecule has 1 heterocycles. The molecule has 6 nitrogen and oxygen atoms in total. The first-order chi connectivity index (χ1) is 9.95. The predicted octanol–water partition coefficient (Wildman–Crippen LogP) is 2.62. The van der Waals surface area contributed by atoms with E-state index in [1.165, 1.54) is 6.92 Å². The Balaban J connectivity index is 2.00. The quantitative estimate of drug-likeness (QED) is 0.826. The molecule has 1 aromatic heterocycles. The molecule has 6 heteroatoms. The lowest BCUT2D eigenvalue weighted by Crippen LogP contribution is -2.32. The third-order valence-corrected chi connectivity index (χ3v) is 2.92. The van der Waals surface area contributed by atoms with Crippen molar-refractivity contribution in [3.8, 4) is 0 Å². The van der Waals surface area contributed by atoms with Crippen molar-refractivity contribution in [2.75, 3.05) is 10.6 Å². The van der Waals surface area contributed by atoms with Gasteiger partial charge in [0.05, 0.1) is 0 Å². The Bertz CT molecular complexity index is 664. The predicted molar refractivity (Wildman–Crippen MR) is 79.4 cm³/mol. The zero-order chi connectivity index (χ0) is 15.4. The molecule has 1 aromatic carbocycles. The van der Waals surface area contributed by atoms with E-state index >= 15 is 0 Å². The second kappa shape index (κ2) is 6.21. The van der Waals surface area contributed by atoms with Crippen LogP contribution in [0.15, 0.2) is 34.9 Å². The van der Waals surface area contributed by atoms with Crippen molar-refractivity contribution in [3.63, 3.8) is 0 Å². The molecule has 110 valence electrons. The normalized spacial score (nSPS) is 11.8. The van der Waals surface area contributed by atoms with Crippen LogP contribution < -0.4 is 10.6 Å². The number of rotatable bonds is 5. The molecular weight excluding hydrogens is 270 g/mol. The largest absolute Gasteiger partial charge is 0.374 e. The maximum absolute atomic E-state index is 12.0. The average Bonchev–Trinajstić information content (AvgIpc) is 2.84. The summed E-state index contributed by atoms with van der Waals surface area (Å²) in [6.45, 7) is 4.97. The van der Waals surface area contributed by atoms with Crippen LogP contribution in [0.3, 0.4) is 0 Å². The van der Waals surface area contributed by atoms with E-state index in [1.54, 1.807) is 44.2 Å². The molecule has 0 spiro atoms. The zero-order valence-corrected chi connectivity index (χ0v) is 12.1. The first-order valence-corrected chi connectivity index (χ1v) is 6.57. The van der Waals surface area contributed by atoms with E-state index < -0.39 is 6.04 Å². The molecule has 0 fully saturated rings. The van der Waals surface area contributed by atoms with Crippen molar-refractivity contribution < 1.29 is 14.1 Å². The molecule has 21 heavy (non-hydrogen) atoms. The maximum Gasteiger partial charge on any atom is 0.247 e. The number of ketones is 1. The Morgan fingerprint density at radius 3 is 2.67 bits per heavy atom. The number of amides is 1. The summed E-state index contributed by atoms with van der Waals surface area (Å²) in [5.74, 6) is 0.745. The van der Waals surface area contributed by atoms with Gasteiger partial charge in [0.2, 0.25) is 5.91 Å². The summed E-state index contributed by atoms with van der Waals surface area (Å²) in [4.78, 5) is 23.4. The molecule has 2 rings (SSSR count). The lowest BCUT2D eigenvalue weighted by Gasteiger charge is -2.14. The fourth-order valence-corrected chi connectivity index (χ4v) is 1.80. The van der Waals surface area contributed by atoms with Crippen molar-refractivity contribution in [1.29, 1.82) is 0 Å². The summed E-state index contributed by atoms with van der Waals surface area (Å²) in [5, 5.41) is 9.39. The van der Waals surface area contributed by atoms with Crippen LogP contribution in [0.5, 0.6) is 0 Å². The molecule has 0 aliphatic rings. The van der Waals surface area contributed by atoms with Crippen molar-refractivity contribution in [2.24, 2.45) is 0 Å². The minimum Gasteiger partial charge on any atom is -0.374 e. The fraction of sp³-hybridized carbons (Fsp3) is 0.267. The number of hydrogen-bond acceptors (Lipinski definition) is 5. The van der Waals surface area contributed by atoms with E-state index in [2.05, 4.69) is 15.8 Å². The molecule has 1 amide bonds. The Hall–Kier alpha value is -2.63. The molecule has 0 aliphatic heterocycles. The number of carbonyl (C=O) groups is 2. The third-order valence-electron chi connectivity index (χ3n) is 2.92. The topological polar surface area (TPSA) is 84.2 Å². The highest BCUT2D eigenvalue weighted by atomic mass is 16.5. The molecule has 0 radical (unpaired) electrons. The molecule has 0 unspecified atom stereocenters. The van der Waals surface area contributed by atoms with Crippen LogP contribution in [0.25, 0.3) is 0 Å². The highest BCUT2D eigenvalue weighted by molar-refractivity contribution is 5.97. The lowest BCUT2D eigenvalue weighted by atomic mass is 10.1. The van der Waals surface area contributed by atoms with Gasteiger partial charge in [0.1, 0.15) is 11.8 Å². The highest BCUT2D eigenvalue weighted by Crippen LogP contribution is 2.13. The van der Waals surface area contributed by atoms with Crippen molar-refractivity contribution in [1.82, 2.24) is 5.16 Å². The summed E-state index contributed by atoms with van der Waals surface area (Å²) in [6.07, 6.45) is 0. The van der Waals surface area contributed by atoms with Crippen molar-refractivity contribution in [2.45, 2.75) is 26.8 Å². The number of benzene rings is 1. The number of hydrogen-bond donors (Lipinski definition) is 2. The molecule has 1 atom stereocenters. The van der Waals surface area contributed by atoms with Crippen LogP contribution in [-0.2, 0) is 4.79 Å². The van der Waals surface area contributed by atoms with Crippen LogP contribution >= 0.6 is 0 Å². The second-order valence-corrected chi connectivity index (χ2v) is 4.82. The van der Waals surface area contributed by atoms with Crippen LogP contribution in [0, 0.1) is 6.92 Å². The van der Waals surface area contributed by atoms with Gasteiger partial charge in [-0.1, -0.05) is 17.3 Å². The van der Waals surface area contributed by atoms with E-state index in [-0.39, 0.29) is 11.7 Å². The fourth-order valence-electron chi connectivity index (χ4n) is 1.80. The SMILES string of the molecule is CC(=O)c1cccc(N[C@@H](C)C(=O)Nc2cc(C)on2)c1. The highest BCUT2D eigenvalue weighted by Gasteiger charge is 2.14. The molecule has 0 saturated carbocycles. The van der Waals surface area contributed by atoms with Gasteiger partial charge in [0, 0.05) is 17.3 Å². The smallest absolute Gasteiger partial charge is 0.247 e. The van der Waals surface area contributed by atoms with Gasteiger partial charge >= 0.3 is 0 Å². The first kappa shape index (κ1) is 14.8. The lowest BCUT2D eigenvalue weighted by molar-refractivity contribution is -0.116. The van der Waals surface area contributed by atoms with Gasteiger partial charge in [0.15, 0.2) is 11.6 Å². The molecular formula is C15H17N3O3. The molecule has 2 aromatic rings. The van der Waals surface area contributed by atoms with E-state index in [1.807, 2.05) is 0 Å². The van der Waals surface area contributed by atoms with Crippen LogP contribution in [0.4, 0.5) is 11.5 Å². The van der Waals surface area contributed by atoms with Gasteiger partial charge in [-0.05, 0) is 32.9 Å². The Morgan fingerprint density at radius 2 is 2.05 bits per heavy atom. The molecule has 0 bridgehead atoms. The van der Waals surface area contributed by atoms with Crippen LogP contribution in [0.2, 0.25) is 0 Å². The Labute approximate surface area is 122 Å². The molecule has 0 saturated heterocycles. The van der Waals surface area contributed by atoms with Crippen molar-refractivity contribution >= 4 is 23.2 Å². The van der Waals surface area contributed by atoms with Crippen LogP contribution in [0.1, 0.15) is 30.0 Å². The number of aromatic nitrogens is 1. The van der Waals surface area contributed by atoms with E-state index in [9.17, 15) is 9.59 Å². The molecule has 2 N–H and O–H groups in total. The maximum atomic E-state index is 12.0. The van der Waals surface area contributed by atoms with Crippen LogP contribution in [-0.4, -0.2) is 22.9 Å². The monoisotopic (exact) mass is 287 g/mol. The number of Topliss-reactive ketones (excluding diaryl/α,β-unsaturated/α-hetero) is 1. The van der Waals surface area contributed by atoms with Gasteiger partial charge in [0.25, 0.3) is 0 Å². The van der Waals surface area contributed by atoms with Gasteiger partial charge < -0.3 is 15.2 Å². The number of aryl methyl sites for hydroxylation is 1. The molecule has 0 aliphatic carbocycles. The van der Waals surface area contributed by atoms with Gasteiger partial charge in [-0.15, -0.1) is 0 Å². The summed E-state index contributed by atoms with van der Waals surface area (Å²) >= 11 is 0. The minimum atomic E-state index is -0.482. The van der Waals surface area contributed by atoms with Gasteiger partial charge in [-0.2, -0.15) is 0 Å². The summed E-state index contributed by atoms with van der Waals surface area (Å²) in [5.41, 5.74) is 1.31. The van der Waals surface area contributed by atoms with Gasteiger partial charge in [-0.25, -0.2) is 0 Å². The summed E-state index contributed by atoms with van der Waals surface area (Å²) in [6, 6.07) is 8.18. The number of nitrogens with one attached hydrogen (secondary N) is 2. The Morgan fingerprint density at radius 1 is 1.29 bits per heavy atom. The van der Waals surface area contributed by atoms with Gasteiger partial charge in [-0.3, -0.25) is 9.59 Å². The van der Waals surface area contributed by atoms with E-state index in [0.717, 1.165) is 0 Å². The first-order valence-electron chi connectivity index (χ1n) is 6.57.